The van der Waals surface area contributed by atoms with Gasteiger partial charge in [-0.15, -0.1) is 11.3 Å². The molecule has 1 heterocycles. The summed E-state index contributed by atoms with van der Waals surface area (Å²) in [6.07, 6.45) is 0. The maximum absolute atomic E-state index is 7.97. The van der Waals surface area contributed by atoms with Gasteiger partial charge in [0, 0.05) is 15.4 Å². The molecule has 12 heavy (non-hydrogen) atoms. The van der Waals surface area contributed by atoms with Crippen molar-refractivity contribution in [3.05, 3.63) is 32.3 Å². The lowest BCUT2D eigenvalue weighted by Gasteiger charge is -1.82. The first-order chi connectivity index (χ1) is 5.84. The molecule has 1 aromatic rings. The number of nitrogens with zero attached hydrogens (tertiary/aromatic N) is 3. The van der Waals surface area contributed by atoms with Crippen LogP contribution < -0.4 is 0 Å². The highest BCUT2D eigenvalue weighted by molar-refractivity contribution is 7.10. The van der Waals surface area contributed by atoms with Crippen LogP contribution in [0.4, 0.5) is 0 Å². The molecule has 0 aliphatic carbocycles. The van der Waals surface area contributed by atoms with E-state index in [1.165, 1.54) is 4.88 Å². The van der Waals surface area contributed by atoms with Crippen molar-refractivity contribution in [2.75, 3.05) is 6.54 Å². The fourth-order valence-corrected chi connectivity index (χ4v) is 1.37. The number of thiophene rings is 1. The molecule has 0 unspecified atom stereocenters. The Kier molecular flexibility index (Phi) is 3.21. The molecule has 4 heteroatoms. The van der Waals surface area contributed by atoms with Crippen LogP contribution in [0.25, 0.3) is 10.4 Å². The maximum atomic E-state index is 7.97. The van der Waals surface area contributed by atoms with Crippen LogP contribution in [0.1, 0.15) is 10.4 Å². The third kappa shape index (κ3) is 2.31. The average molecular weight is 177 g/mol. The van der Waals surface area contributed by atoms with Gasteiger partial charge in [-0.3, -0.25) is 0 Å². The Labute approximate surface area is 74.7 Å². The molecule has 3 nitrogen and oxygen atoms in total. The monoisotopic (exact) mass is 177 g/mol. The van der Waals surface area contributed by atoms with Gasteiger partial charge in [0.05, 0.1) is 6.54 Å². The van der Waals surface area contributed by atoms with Crippen LogP contribution in [0.3, 0.4) is 0 Å². The molecule has 0 atom stereocenters. The smallest absolute Gasteiger partial charge is 0.0880 e. The largest absolute Gasteiger partial charge is 0.148 e. The summed E-state index contributed by atoms with van der Waals surface area (Å²) in [4.78, 5) is 3.80. The number of aryl methyl sites for hydroxylation is 1. The zero-order valence-electron chi connectivity index (χ0n) is 6.61. The second-order valence-corrected chi connectivity index (χ2v) is 3.20. The molecule has 0 saturated heterocycles. The second kappa shape index (κ2) is 4.45. The zero-order valence-corrected chi connectivity index (χ0v) is 7.43. The summed E-state index contributed by atoms with van der Waals surface area (Å²) in [5, 5.41) is 5.30. The van der Waals surface area contributed by atoms with Gasteiger partial charge in [-0.25, -0.2) is 0 Å². The Bertz CT molecular complexity index is 363. The molecule has 0 bridgehead atoms. The van der Waals surface area contributed by atoms with Gasteiger partial charge in [-0.2, -0.15) is 0 Å². The number of hydrogen-bond acceptors (Lipinski definition) is 2. The molecule has 0 aromatic carbocycles. The molecule has 0 aliphatic rings. The predicted octanol–water partition coefficient (Wildman–Crippen LogP) is 2.72. The van der Waals surface area contributed by atoms with E-state index < -0.39 is 0 Å². The second-order valence-electron chi connectivity index (χ2n) is 2.08. The van der Waals surface area contributed by atoms with Crippen LogP contribution in [0, 0.1) is 18.8 Å². The molecular weight excluding hydrogens is 170 g/mol. The highest BCUT2D eigenvalue weighted by Gasteiger charge is 1.92. The highest BCUT2D eigenvalue weighted by atomic mass is 32.1. The van der Waals surface area contributed by atoms with E-state index in [2.05, 4.69) is 21.9 Å². The Balaban J connectivity index is 2.66. The molecule has 1 rings (SSSR count). The normalized spacial score (nSPS) is 8.08. The van der Waals surface area contributed by atoms with Gasteiger partial charge < -0.3 is 0 Å². The summed E-state index contributed by atoms with van der Waals surface area (Å²) in [7, 11) is 0. The number of rotatable bonds is 1. The van der Waals surface area contributed by atoms with E-state index in [0.29, 0.717) is 0 Å². The molecule has 0 saturated carbocycles. The SMILES string of the molecule is Cc1sccc1C#CCN=[N+]=[N-]. The Morgan fingerprint density at radius 2 is 2.58 bits per heavy atom. The summed E-state index contributed by atoms with van der Waals surface area (Å²) in [5.41, 5.74) is 8.99. The first kappa shape index (κ1) is 8.66. The fraction of sp³-hybridized carbons (Fsp3) is 0.250. The quantitative estimate of drug-likeness (QED) is 0.274. The van der Waals surface area contributed by atoms with Crippen LogP contribution in [-0.2, 0) is 0 Å². The fourth-order valence-electron chi connectivity index (χ4n) is 0.716. The molecule has 0 fully saturated rings. The summed E-state index contributed by atoms with van der Waals surface area (Å²) in [6, 6.07) is 1.96. The van der Waals surface area contributed by atoms with E-state index in [0.717, 1.165) is 5.56 Å². The summed E-state index contributed by atoms with van der Waals surface area (Å²) in [5.74, 6) is 5.69. The number of azide groups is 1. The highest BCUT2D eigenvalue weighted by Crippen LogP contribution is 2.12. The summed E-state index contributed by atoms with van der Waals surface area (Å²) in [6.45, 7) is 2.26. The van der Waals surface area contributed by atoms with Crippen molar-refractivity contribution in [3.8, 4) is 11.8 Å². The minimum absolute atomic E-state index is 0.242. The van der Waals surface area contributed by atoms with Gasteiger partial charge >= 0.3 is 0 Å². The van der Waals surface area contributed by atoms with Crippen LogP contribution in [0.2, 0.25) is 0 Å². The van der Waals surface area contributed by atoms with E-state index in [-0.39, 0.29) is 6.54 Å². The average Bonchev–Trinajstić information content (AvgIpc) is 2.46. The van der Waals surface area contributed by atoms with Gasteiger partial charge in [0.25, 0.3) is 0 Å². The summed E-state index contributed by atoms with van der Waals surface area (Å²) >= 11 is 1.66. The minimum atomic E-state index is 0.242. The lowest BCUT2D eigenvalue weighted by molar-refractivity contribution is 1.25. The van der Waals surface area contributed by atoms with Crippen molar-refractivity contribution in [1.82, 2.24) is 0 Å². The number of hydrogen-bond donors (Lipinski definition) is 0. The van der Waals surface area contributed by atoms with Crippen LogP contribution in [0.5, 0.6) is 0 Å². The van der Waals surface area contributed by atoms with Crippen LogP contribution >= 0.6 is 11.3 Å². The lowest BCUT2D eigenvalue weighted by atomic mass is 10.3. The van der Waals surface area contributed by atoms with Gasteiger partial charge in [0.1, 0.15) is 0 Å². The molecule has 0 aliphatic heterocycles. The van der Waals surface area contributed by atoms with Crippen molar-refractivity contribution in [3.63, 3.8) is 0 Å². The van der Waals surface area contributed by atoms with Crippen molar-refractivity contribution in [1.29, 1.82) is 0 Å². The van der Waals surface area contributed by atoms with E-state index in [4.69, 9.17) is 5.53 Å². The van der Waals surface area contributed by atoms with Crippen molar-refractivity contribution < 1.29 is 0 Å². The molecule has 1 aromatic heterocycles. The predicted molar refractivity (Wildman–Crippen MR) is 49.9 cm³/mol. The Hall–Kier alpha value is -1.43. The molecule has 0 amide bonds. The van der Waals surface area contributed by atoms with Crippen molar-refractivity contribution in [2.45, 2.75) is 6.92 Å². The van der Waals surface area contributed by atoms with E-state index >= 15 is 0 Å². The third-order valence-electron chi connectivity index (χ3n) is 1.29. The molecular formula is C8H7N3S. The van der Waals surface area contributed by atoms with E-state index in [1.807, 2.05) is 18.4 Å². The third-order valence-corrected chi connectivity index (χ3v) is 2.14. The molecule has 60 valence electrons. The van der Waals surface area contributed by atoms with Gasteiger partial charge in [0.15, 0.2) is 0 Å². The van der Waals surface area contributed by atoms with Gasteiger partial charge in [-0.05, 0) is 23.9 Å². The molecule has 0 N–H and O–H groups in total. The maximum Gasteiger partial charge on any atom is 0.0880 e. The Morgan fingerprint density at radius 1 is 1.75 bits per heavy atom. The first-order valence-corrected chi connectivity index (χ1v) is 4.26. The zero-order chi connectivity index (χ0) is 8.81. The van der Waals surface area contributed by atoms with Crippen molar-refractivity contribution >= 4 is 11.3 Å². The van der Waals surface area contributed by atoms with Crippen LogP contribution in [-0.4, -0.2) is 6.54 Å². The van der Waals surface area contributed by atoms with Gasteiger partial charge in [-0.1, -0.05) is 17.0 Å². The molecule has 0 radical (unpaired) electrons. The first-order valence-electron chi connectivity index (χ1n) is 3.38. The lowest BCUT2D eigenvalue weighted by Crippen LogP contribution is -1.72. The van der Waals surface area contributed by atoms with E-state index in [9.17, 15) is 0 Å². The van der Waals surface area contributed by atoms with Crippen molar-refractivity contribution in [2.24, 2.45) is 5.11 Å². The minimum Gasteiger partial charge on any atom is -0.148 e. The van der Waals surface area contributed by atoms with E-state index in [1.54, 1.807) is 11.3 Å². The van der Waals surface area contributed by atoms with Crippen LogP contribution in [0.15, 0.2) is 16.6 Å². The Morgan fingerprint density at radius 3 is 3.17 bits per heavy atom. The topological polar surface area (TPSA) is 48.8 Å². The standard InChI is InChI=1S/C8H7N3S/c1-7-8(4-6-12-7)3-2-5-10-11-9/h4,6H,5H2,1H3. The molecule has 0 spiro atoms. The summed E-state index contributed by atoms with van der Waals surface area (Å²) < 4.78 is 0. The van der Waals surface area contributed by atoms with Gasteiger partial charge in [0.2, 0.25) is 0 Å².